The minimum absolute atomic E-state index is 0.111. The van der Waals surface area contributed by atoms with Gasteiger partial charge in [0.15, 0.2) is 11.0 Å². The summed E-state index contributed by atoms with van der Waals surface area (Å²) in [4.78, 5) is 66.0. The summed E-state index contributed by atoms with van der Waals surface area (Å²) >= 11 is 0. The van der Waals surface area contributed by atoms with Crippen LogP contribution in [-0.2, 0) is 14.4 Å². The molecule has 1 aromatic rings. The van der Waals surface area contributed by atoms with Gasteiger partial charge < -0.3 is 19.7 Å². The van der Waals surface area contributed by atoms with Crippen molar-refractivity contribution in [2.75, 3.05) is 19.6 Å². The molecule has 10 nitrogen and oxygen atoms in total. The molecule has 30 heavy (non-hydrogen) atoms. The Kier molecular flexibility index (Phi) is 5.86. The summed E-state index contributed by atoms with van der Waals surface area (Å²) < 4.78 is 0. The van der Waals surface area contributed by atoms with E-state index < -0.39 is 35.3 Å². The Morgan fingerprint density at radius 2 is 2.17 bits per heavy atom. The van der Waals surface area contributed by atoms with Crippen molar-refractivity contribution in [3.05, 3.63) is 34.7 Å². The summed E-state index contributed by atoms with van der Waals surface area (Å²) in [5.74, 6) is -3.19. The molecular weight excluding hydrogens is 392 g/mol. The van der Waals surface area contributed by atoms with Crippen LogP contribution in [0, 0.1) is 16.2 Å². The Labute approximate surface area is 173 Å². The highest BCUT2D eigenvalue weighted by Crippen LogP contribution is 2.40. The van der Waals surface area contributed by atoms with Crippen molar-refractivity contribution < 1.29 is 29.2 Å². The van der Waals surface area contributed by atoms with Gasteiger partial charge in [0.25, 0.3) is 11.6 Å². The van der Waals surface area contributed by atoms with Gasteiger partial charge >= 0.3 is 5.97 Å². The summed E-state index contributed by atoms with van der Waals surface area (Å²) in [7, 11) is 0. The Hall–Kier alpha value is -3.30. The van der Waals surface area contributed by atoms with Crippen molar-refractivity contribution in [1.82, 2.24) is 15.2 Å². The number of carboxylic acids is 1. The number of aliphatic carboxylic acids is 1. The number of hydrogen-bond donors (Lipinski definition) is 2. The highest BCUT2D eigenvalue weighted by Gasteiger charge is 2.55. The van der Waals surface area contributed by atoms with Crippen LogP contribution in [0.3, 0.4) is 0 Å². The number of carboxylic acid groups (broad SMARTS) is 1. The van der Waals surface area contributed by atoms with E-state index in [1.807, 2.05) is 0 Å². The van der Waals surface area contributed by atoms with E-state index in [2.05, 4.69) is 5.43 Å². The maximum absolute atomic E-state index is 13.1. The van der Waals surface area contributed by atoms with Gasteiger partial charge in [-0.3, -0.25) is 14.4 Å². The molecule has 2 bridgehead atoms. The molecule has 2 heterocycles. The number of carbonyl (C=O) groups excluding carboxylic acids is 3. The average Bonchev–Trinajstić information content (AvgIpc) is 2.76. The molecule has 2 N–H and O–H groups in total. The van der Waals surface area contributed by atoms with Gasteiger partial charge in [-0.1, -0.05) is 13.0 Å². The molecule has 10 heteroatoms. The van der Waals surface area contributed by atoms with Crippen molar-refractivity contribution in [2.24, 2.45) is 11.3 Å². The summed E-state index contributed by atoms with van der Waals surface area (Å²) in [5, 5.41) is 9.62. The number of fused-ring (bicyclic) bond motifs is 3. The Bertz CT molecular complexity index is 903. The molecule has 0 aromatic heterocycles. The first-order chi connectivity index (χ1) is 14.2. The zero-order valence-corrected chi connectivity index (χ0v) is 16.9. The highest BCUT2D eigenvalue weighted by molar-refractivity contribution is 5.97. The molecule has 3 atom stereocenters. The lowest BCUT2D eigenvalue weighted by Crippen LogP contribution is -2.66. The van der Waals surface area contributed by atoms with E-state index in [0.717, 1.165) is 0 Å². The van der Waals surface area contributed by atoms with Crippen LogP contribution in [0.15, 0.2) is 24.3 Å². The number of nitrogens with one attached hydrogen (secondary N) is 1. The van der Waals surface area contributed by atoms with Gasteiger partial charge in [-0.15, -0.1) is 5.43 Å². The van der Waals surface area contributed by atoms with E-state index in [1.165, 1.54) is 28.9 Å². The van der Waals surface area contributed by atoms with Crippen LogP contribution in [0.5, 0.6) is 0 Å². The Morgan fingerprint density at radius 1 is 1.43 bits per heavy atom. The lowest BCUT2D eigenvalue weighted by atomic mass is 9.69. The third-order valence-corrected chi connectivity index (χ3v) is 6.11. The molecule has 3 rings (SSSR count). The van der Waals surface area contributed by atoms with Crippen molar-refractivity contribution in [3.8, 4) is 0 Å². The number of benzene rings is 1. The predicted octanol–water partition coefficient (Wildman–Crippen LogP) is 0.932. The third-order valence-electron chi connectivity index (χ3n) is 6.11. The molecule has 0 spiro atoms. The number of nitroso groups, excluding NO2 is 1. The molecule has 0 radical (unpaired) electrons. The molecule has 2 aliphatic heterocycles. The largest absolute Gasteiger partial charge is 0.481 e. The van der Waals surface area contributed by atoms with Crippen molar-refractivity contribution in [1.29, 1.82) is 0 Å². The quantitative estimate of drug-likeness (QED) is 0.551. The number of nitrogens with zero attached hydrogens (tertiary/aromatic N) is 3. The minimum atomic E-state index is -1.50. The zero-order chi connectivity index (χ0) is 22.1. The first kappa shape index (κ1) is 21.4. The Balaban J connectivity index is 2.14. The number of amides is 2. The SMILES string of the molecule is CCN1CC(=O)N2CCCC(C=O)(C(C)C(=O)O)C2N[N+](=O)c2cccc(c2)C1=O. The van der Waals surface area contributed by atoms with Crippen LogP contribution in [0.25, 0.3) is 0 Å². The monoisotopic (exact) mass is 417 g/mol. The highest BCUT2D eigenvalue weighted by atomic mass is 16.4. The number of hydrogen-bond acceptors (Lipinski definition) is 5. The zero-order valence-electron chi connectivity index (χ0n) is 16.9. The topological polar surface area (TPSA) is 127 Å². The number of aldehydes is 1. The lowest BCUT2D eigenvalue weighted by molar-refractivity contribution is -0.544. The molecule has 0 aliphatic carbocycles. The molecule has 2 amide bonds. The summed E-state index contributed by atoms with van der Waals surface area (Å²) in [6.07, 6.45) is -0.0338. The minimum Gasteiger partial charge on any atom is -0.481 e. The van der Waals surface area contributed by atoms with Gasteiger partial charge in [0.2, 0.25) is 5.91 Å². The molecular formula is C20H25N4O6+. The molecule has 0 saturated carbocycles. The second-order valence-electron chi connectivity index (χ2n) is 7.68. The summed E-state index contributed by atoms with van der Waals surface area (Å²) in [5.41, 5.74) is 1.50. The van der Waals surface area contributed by atoms with Crippen LogP contribution in [0.1, 0.15) is 37.0 Å². The number of hydrazine groups is 1. The van der Waals surface area contributed by atoms with E-state index in [9.17, 15) is 29.2 Å². The molecule has 1 saturated heterocycles. The number of carbonyl (C=O) groups is 4. The van der Waals surface area contributed by atoms with Gasteiger partial charge in [0, 0.05) is 30.8 Å². The fourth-order valence-corrected chi connectivity index (χ4v) is 4.19. The second kappa shape index (κ2) is 8.21. The van der Waals surface area contributed by atoms with Crippen molar-refractivity contribution in [2.45, 2.75) is 32.9 Å². The lowest BCUT2D eigenvalue weighted by Gasteiger charge is -2.46. The predicted molar refractivity (Wildman–Crippen MR) is 104 cm³/mol. The van der Waals surface area contributed by atoms with Crippen LogP contribution < -0.4 is 5.43 Å². The molecule has 1 fully saturated rings. The van der Waals surface area contributed by atoms with Gasteiger partial charge in [0.05, 0.1) is 16.2 Å². The smallest absolute Gasteiger partial charge is 0.307 e. The number of likely N-dealkylation sites (N-methyl/N-ethyl adjacent to an activating group) is 1. The van der Waals surface area contributed by atoms with Gasteiger partial charge in [-0.2, -0.15) is 0 Å². The maximum Gasteiger partial charge on any atom is 0.307 e. The first-order valence-corrected chi connectivity index (χ1v) is 9.86. The number of piperidine rings is 1. The Morgan fingerprint density at radius 3 is 2.80 bits per heavy atom. The van der Waals surface area contributed by atoms with E-state index in [4.69, 9.17) is 0 Å². The summed E-state index contributed by atoms with van der Waals surface area (Å²) in [6.45, 7) is 3.40. The normalized spacial score (nSPS) is 25.7. The summed E-state index contributed by atoms with van der Waals surface area (Å²) in [6, 6.07) is 5.99. The molecule has 3 unspecified atom stereocenters. The van der Waals surface area contributed by atoms with Crippen LogP contribution in [0.2, 0.25) is 0 Å². The molecule has 160 valence electrons. The van der Waals surface area contributed by atoms with Gasteiger partial charge in [-0.25, -0.2) is 0 Å². The van der Waals surface area contributed by atoms with Crippen LogP contribution in [-0.4, -0.2) is 69.6 Å². The molecule has 1 aromatic carbocycles. The van der Waals surface area contributed by atoms with Crippen LogP contribution >= 0.6 is 0 Å². The van der Waals surface area contributed by atoms with Crippen LogP contribution in [0.4, 0.5) is 5.69 Å². The van der Waals surface area contributed by atoms with E-state index in [1.54, 1.807) is 19.1 Å². The number of rotatable bonds is 4. The first-order valence-electron chi connectivity index (χ1n) is 9.86. The van der Waals surface area contributed by atoms with Crippen molar-refractivity contribution in [3.63, 3.8) is 0 Å². The average molecular weight is 417 g/mol. The standard InChI is InChI=1S/C20H24N4O6/c1-3-22-11-16(26)23-9-5-8-20(12-25,13(2)18(28)29)19(23)21-24(30)15-7-4-6-14(10-15)17(22)27/h4,6-7,10,12-13,19H,3,5,8-9,11H2,1-2H3,(H-,21,28,29,30)/p+1. The van der Waals surface area contributed by atoms with Gasteiger partial charge in [0.1, 0.15) is 12.8 Å². The maximum atomic E-state index is 13.1. The van der Waals surface area contributed by atoms with Gasteiger partial charge in [-0.05, 0) is 25.8 Å². The second-order valence-corrected chi connectivity index (χ2v) is 7.68. The fourth-order valence-electron chi connectivity index (χ4n) is 4.19. The van der Waals surface area contributed by atoms with E-state index >= 15 is 0 Å². The molecule has 2 aliphatic rings. The van der Waals surface area contributed by atoms with E-state index in [-0.39, 0.29) is 37.3 Å². The van der Waals surface area contributed by atoms with E-state index in [0.29, 0.717) is 17.6 Å². The fraction of sp³-hybridized carbons (Fsp3) is 0.500. The third kappa shape index (κ3) is 3.53. The van der Waals surface area contributed by atoms with Crippen molar-refractivity contribution >= 4 is 29.8 Å².